The van der Waals surface area contributed by atoms with Gasteiger partial charge in [-0.25, -0.2) is 0 Å². The molecule has 0 fully saturated rings. The Morgan fingerprint density at radius 3 is 1.00 bits per heavy atom. The normalized spacial score (nSPS) is 11.8. The molecule has 2 nitrogen and oxygen atoms in total. The molecule has 0 aliphatic carbocycles. The van der Waals surface area contributed by atoms with Crippen molar-refractivity contribution in [3.8, 4) is 33.8 Å². The van der Waals surface area contributed by atoms with Gasteiger partial charge in [-0.1, -0.05) is 155 Å². The predicted octanol–water partition coefficient (Wildman–Crippen LogP) is 17.6. The van der Waals surface area contributed by atoms with E-state index in [-0.39, 0.29) is 21.7 Å². The van der Waals surface area contributed by atoms with Crippen LogP contribution in [0.15, 0.2) is 72.8 Å². The molecular formula is C56H76Cl2O2SiZr. The van der Waals surface area contributed by atoms with Gasteiger partial charge in [0.05, 0.1) is 14.2 Å². The van der Waals surface area contributed by atoms with E-state index in [1.807, 2.05) is 14.2 Å². The summed E-state index contributed by atoms with van der Waals surface area (Å²) in [6, 6.07) is 27.8. The maximum absolute atomic E-state index is 6.06. The Labute approximate surface area is 399 Å². The second-order valence-electron chi connectivity index (χ2n) is 21.7. The van der Waals surface area contributed by atoms with E-state index in [0.717, 1.165) is 33.9 Å². The summed E-state index contributed by atoms with van der Waals surface area (Å²) in [6.45, 7) is 40.4. The molecule has 2 radical (unpaired) electrons. The van der Waals surface area contributed by atoms with Crippen LogP contribution >= 0.6 is 17.0 Å². The van der Waals surface area contributed by atoms with Crippen molar-refractivity contribution in [2.75, 3.05) is 14.2 Å². The van der Waals surface area contributed by atoms with Crippen LogP contribution in [0.5, 0.6) is 11.5 Å². The quantitative estimate of drug-likeness (QED) is 0.122. The van der Waals surface area contributed by atoms with Crippen LogP contribution in [0.4, 0.5) is 0 Å². The third kappa shape index (κ3) is 14.7. The second-order valence-corrected chi connectivity index (χ2v) is 26.4. The number of rotatable bonds is 6. The number of benzene rings is 4. The van der Waals surface area contributed by atoms with Crippen molar-refractivity contribution in [2.24, 2.45) is 10.8 Å². The summed E-state index contributed by atoms with van der Waals surface area (Å²) >= 11 is -0.826. The summed E-state index contributed by atoms with van der Waals surface area (Å²) in [7, 11) is 14.6. The first kappa shape index (κ1) is 53.7. The zero-order valence-corrected chi connectivity index (χ0v) is 46.9. The fourth-order valence-corrected chi connectivity index (χ4v) is 8.58. The molecule has 0 saturated carbocycles. The average molecular weight is 971 g/mol. The van der Waals surface area contributed by atoms with E-state index in [4.69, 9.17) is 26.5 Å². The maximum atomic E-state index is 6.06. The molecule has 0 N–H and O–H groups in total. The molecule has 0 spiro atoms. The first-order valence-electron chi connectivity index (χ1n) is 21.9. The zero-order valence-electron chi connectivity index (χ0n) is 41.9. The zero-order chi connectivity index (χ0) is 47.1. The van der Waals surface area contributed by atoms with Crippen LogP contribution in [0.3, 0.4) is 0 Å². The molecule has 0 unspecified atom stereocenters. The van der Waals surface area contributed by atoms with Gasteiger partial charge in [-0.05, 0) is 95.6 Å². The van der Waals surface area contributed by atoms with E-state index in [1.165, 1.54) is 88.3 Å². The summed E-state index contributed by atoms with van der Waals surface area (Å²) in [6.07, 6.45) is 2.14. The number of halogens is 2. The molecule has 0 heterocycles. The van der Waals surface area contributed by atoms with Crippen molar-refractivity contribution < 1.29 is 30.3 Å². The molecule has 6 rings (SSSR count). The molecule has 0 aromatic heterocycles. The molecule has 0 atom stereocenters. The summed E-state index contributed by atoms with van der Waals surface area (Å²) in [5.74, 6) is 2.02. The molecule has 334 valence electrons. The molecule has 62 heavy (non-hydrogen) atoms. The van der Waals surface area contributed by atoms with E-state index >= 15 is 0 Å². The monoisotopic (exact) mass is 968 g/mol. The van der Waals surface area contributed by atoms with Crippen LogP contribution in [0, 0.1) is 38.5 Å². The third-order valence-electron chi connectivity index (χ3n) is 10.6. The molecular weight excluding hydrogens is 895 g/mol. The Balaban J connectivity index is 0.000000293. The Hall–Kier alpha value is -2.62. The summed E-state index contributed by atoms with van der Waals surface area (Å²) in [5.41, 5.74) is 16.0. The van der Waals surface area contributed by atoms with Gasteiger partial charge in [-0.15, -0.1) is 56.9 Å². The van der Waals surface area contributed by atoms with Crippen LogP contribution in [0.1, 0.15) is 128 Å². The molecule has 0 saturated heterocycles. The minimum absolute atomic E-state index is 0.00855. The first-order chi connectivity index (χ1) is 28.6. The number of hydrogen-bond donors (Lipinski definition) is 0. The number of ether oxygens (including phenoxy) is 2. The van der Waals surface area contributed by atoms with Crippen molar-refractivity contribution in [3.63, 3.8) is 0 Å². The Bertz CT molecular complexity index is 2190. The summed E-state index contributed by atoms with van der Waals surface area (Å²) in [4.78, 5) is 0. The van der Waals surface area contributed by atoms with Crippen molar-refractivity contribution in [3.05, 3.63) is 117 Å². The predicted molar refractivity (Wildman–Crippen MR) is 275 cm³/mol. The summed E-state index contributed by atoms with van der Waals surface area (Å²) < 4.78 is 12.1. The molecule has 0 bridgehead atoms. The molecule has 0 aliphatic rings. The number of fused-ring (bicyclic) bond motifs is 2. The fraction of sp³-hybridized carbons (Fsp3) is 0.464. The van der Waals surface area contributed by atoms with Gasteiger partial charge in [0.2, 0.25) is 0 Å². The van der Waals surface area contributed by atoms with Crippen LogP contribution in [-0.2, 0) is 44.5 Å². The molecule has 0 amide bonds. The van der Waals surface area contributed by atoms with Gasteiger partial charge < -0.3 is 9.47 Å². The van der Waals surface area contributed by atoms with Gasteiger partial charge in [0.15, 0.2) is 0 Å². The molecule has 6 aromatic carbocycles. The van der Waals surface area contributed by atoms with Gasteiger partial charge in [0.25, 0.3) is 0 Å². The number of hydrogen-bond acceptors (Lipinski definition) is 2. The van der Waals surface area contributed by atoms with Gasteiger partial charge in [-0.2, -0.15) is 12.1 Å². The average Bonchev–Trinajstić information content (AvgIpc) is 3.69. The van der Waals surface area contributed by atoms with E-state index in [0.29, 0.717) is 0 Å². The number of aryl methyl sites for hydroxylation is 4. The van der Waals surface area contributed by atoms with Crippen molar-refractivity contribution in [2.45, 2.75) is 148 Å². The van der Waals surface area contributed by atoms with E-state index < -0.39 is 20.8 Å². The standard InChI is InChI=1S/2C27H35O.C2H6Si.2ClH.Zr/c2*1-17-10-18(2)12-21(11-17)24-22-14-19(16-26(3,4)5)13-20(22)15-23(25(24)28-9)27(6,7)8;1-3-2;;;/h2*10-15H,16H2,1-9H3;1-2H3;2*1H;/q2*-1;;;;+4/p-2. The van der Waals surface area contributed by atoms with E-state index in [2.05, 4.69) is 197 Å². The van der Waals surface area contributed by atoms with Crippen LogP contribution < -0.4 is 9.47 Å². The van der Waals surface area contributed by atoms with E-state index in [1.54, 1.807) is 0 Å². The van der Waals surface area contributed by atoms with E-state index in [9.17, 15) is 0 Å². The van der Waals surface area contributed by atoms with Gasteiger partial charge in [0.1, 0.15) is 11.5 Å². The molecule has 6 heteroatoms. The molecule has 0 aliphatic heterocycles. The van der Waals surface area contributed by atoms with Crippen molar-refractivity contribution in [1.82, 2.24) is 0 Å². The number of methoxy groups -OCH3 is 2. The van der Waals surface area contributed by atoms with Crippen molar-refractivity contribution >= 4 is 48.1 Å². The van der Waals surface area contributed by atoms with Crippen LogP contribution in [0.2, 0.25) is 13.1 Å². The Kier molecular flexibility index (Phi) is 19.1. The SMILES string of the molecule is COc1c(C(C)(C)C)cc2[cH-]c(CC(C)(C)C)cc2c1-c1cc(C)cc(C)c1.COc1c(C(C)(C)C)cc2[cH-]c(CC(C)(C)C)cc2c1-c1cc(C)cc(C)c1.C[Si]C.[Cl][Zr+2][Cl]. The van der Waals surface area contributed by atoms with Gasteiger partial charge >= 0.3 is 37.9 Å². The third-order valence-corrected chi connectivity index (χ3v) is 10.6. The molecule has 6 aromatic rings. The Morgan fingerprint density at radius 1 is 0.500 bits per heavy atom. The fourth-order valence-electron chi connectivity index (χ4n) is 8.58. The topological polar surface area (TPSA) is 18.5 Å². The van der Waals surface area contributed by atoms with Crippen LogP contribution in [0.25, 0.3) is 43.8 Å². The Morgan fingerprint density at radius 2 is 0.774 bits per heavy atom. The van der Waals surface area contributed by atoms with Gasteiger partial charge in [-0.3, -0.25) is 0 Å². The van der Waals surface area contributed by atoms with Crippen LogP contribution in [-0.4, -0.2) is 23.7 Å². The van der Waals surface area contributed by atoms with Crippen molar-refractivity contribution in [1.29, 1.82) is 0 Å². The first-order valence-corrected chi connectivity index (χ1v) is 30.3. The van der Waals surface area contributed by atoms with Gasteiger partial charge in [0, 0.05) is 9.52 Å². The summed E-state index contributed by atoms with van der Waals surface area (Å²) in [5, 5.41) is 5.24. The second kappa shape index (κ2) is 22.0. The minimum atomic E-state index is -0.826.